The molecule has 0 radical (unpaired) electrons. The number of aliphatic hydroxyl groups is 1. The Labute approximate surface area is 404 Å². The van der Waals surface area contributed by atoms with Crippen LogP contribution < -0.4 is 20.1 Å². The molecule has 1 aliphatic heterocycles. The first kappa shape index (κ1) is 47.6. The van der Waals surface area contributed by atoms with Crippen molar-refractivity contribution in [3.05, 3.63) is 137 Å². The fourth-order valence-corrected chi connectivity index (χ4v) is 12.2. The number of rotatable bonds is 13. The van der Waals surface area contributed by atoms with E-state index in [9.17, 15) is 25.5 Å². The summed E-state index contributed by atoms with van der Waals surface area (Å²) in [6, 6.07) is 26.1. The smallest absolute Gasteiger partial charge is 0.200 e. The van der Waals surface area contributed by atoms with Crippen molar-refractivity contribution >= 4 is 28.1 Å². The summed E-state index contributed by atoms with van der Waals surface area (Å²) >= 11 is 0. The van der Waals surface area contributed by atoms with E-state index in [0.29, 0.717) is 61.9 Å². The molecule has 1 saturated carbocycles. The second-order valence-electron chi connectivity index (χ2n) is 19.9. The zero-order valence-electron chi connectivity index (χ0n) is 39.8. The number of allylic oxidation sites excluding steroid dienone is 1. The van der Waals surface area contributed by atoms with E-state index in [-0.39, 0.29) is 65.1 Å². The van der Waals surface area contributed by atoms with Crippen molar-refractivity contribution in [2.24, 2.45) is 23.7 Å². The first-order chi connectivity index (χ1) is 33.4. The summed E-state index contributed by atoms with van der Waals surface area (Å²) in [4.78, 5) is 24.5. The number of aromatic amines is 1. The van der Waals surface area contributed by atoms with Crippen LogP contribution in [-0.2, 0) is 23.1 Å². The van der Waals surface area contributed by atoms with E-state index in [0.717, 1.165) is 64.5 Å². The molecule has 6 aromatic rings. The maximum Gasteiger partial charge on any atom is 0.200 e. The van der Waals surface area contributed by atoms with Gasteiger partial charge in [0, 0.05) is 48.1 Å². The van der Waals surface area contributed by atoms with Gasteiger partial charge in [-0.1, -0.05) is 43.7 Å². The third-order valence-electron chi connectivity index (χ3n) is 15.4. The Kier molecular flexibility index (Phi) is 14.2. The van der Waals surface area contributed by atoms with Crippen LogP contribution in [0.25, 0.3) is 10.8 Å². The largest absolute Gasteiger partial charge is 0.508 e. The standard InChI is InChI=1S/C57H66N4O8/c1-34-7-4-8-36(23-34)33-69-52-29-39(28-50(66)56(52)67)38-25-40(32-58-2)54-45-15-14-44(62)26-37(45)13-16-46(54)61-53-31-42(19-22-60-53)57(20-5-9-41(57)30-43-10-6-21-59-43)55(49(65)27-38)48(64)18-12-35-11-17-47(63)51(24-35)68-3/h4,6,8,10-11,13-17,19,21-22,24,26,28-29,31,34,36,38,40-41,48,55,58-59,62-64,66-67H,5,7,9,12,18,20,23,25,27,30,32-33H2,1-3H3,(H,60,61)/t34-,36+,38-,40-,41+,48+,55-,57-/m0/s1. The van der Waals surface area contributed by atoms with Gasteiger partial charge < -0.3 is 50.6 Å². The number of nitrogens with zero attached hydrogens (tertiary/aromatic N) is 1. The average molecular weight is 935 g/mol. The summed E-state index contributed by atoms with van der Waals surface area (Å²) in [6.45, 7) is 3.04. The molecule has 3 heterocycles. The van der Waals surface area contributed by atoms with Crippen LogP contribution in [0.4, 0.5) is 11.5 Å². The lowest BCUT2D eigenvalue weighted by Gasteiger charge is -2.45. The predicted octanol–water partition coefficient (Wildman–Crippen LogP) is 10.5. The molecule has 8 N–H and O–H groups in total. The number of methoxy groups -OCH3 is 1. The molecule has 0 amide bonds. The predicted molar refractivity (Wildman–Crippen MR) is 269 cm³/mol. The minimum absolute atomic E-state index is 0.0186. The maximum atomic E-state index is 16.2. The zero-order chi connectivity index (χ0) is 48.2. The summed E-state index contributed by atoms with van der Waals surface area (Å²) in [5, 5.41) is 65.9. The minimum atomic E-state index is -1.09. The topological polar surface area (TPSA) is 189 Å². The van der Waals surface area contributed by atoms with E-state index in [2.05, 4.69) is 46.8 Å². The second-order valence-corrected chi connectivity index (χ2v) is 19.9. The molecule has 362 valence electrons. The number of phenols is 4. The van der Waals surface area contributed by atoms with E-state index < -0.39 is 23.4 Å². The number of Topliss-reactive ketones (excluding diaryl/α,β-unsaturated/α-hetero) is 1. The lowest BCUT2D eigenvalue weighted by atomic mass is 9.58. The minimum Gasteiger partial charge on any atom is -0.508 e. The van der Waals surface area contributed by atoms with Crippen molar-refractivity contribution < 1.29 is 39.8 Å². The molecule has 2 aliphatic carbocycles. The number of hydrogen-bond acceptors (Lipinski definition) is 11. The van der Waals surface area contributed by atoms with Crippen LogP contribution in [0, 0.1) is 23.7 Å². The Morgan fingerprint density at radius 2 is 1.83 bits per heavy atom. The van der Waals surface area contributed by atoms with Gasteiger partial charge >= 0.3 is 0 Å². The molecule has 2 bridgehead atoms. The molecule has 1 spiro atoms. The second kappa shape index (κ2) is 20.6. The van der Waals surface area contributed by atoms with E-state index in [1.165, 1.54) is 7.11 Å². The number of pyridine rings is 1. The van der Waals surface area contributed by atoms with E-state index in [4.69, 9.17) is 14.5 Å². The highest BCUT2D eigenvalue weighted by atomic mass is 16.5. The van der Waals surface area contributed by atoms with Gasteiger partial charge in [0.2, 0.25) is 5.75 Å². The van der Waals surface area contributed by atoms with Crippen molar-refractivity contribution in [2.45, 2.75) is 94.5 Å². The normalized spacial score (nSPS) is 24.2. The summed E-state index contributed by atoms with van der Waals surface area (Å²) in [5.41, 5.74) is 4.46. The number of aromatic hydroxyl groups is 4. The van der Waals surface area contributed by atoms with Crippen LogP contribution in [-0.4, -0.2) is 74.7 Å². The number of aryl methyl sites for hydroxylation is 1. The number of carbonyl (C=O) groups is 1. The molecular formula is C57H66N4O8. The van der Waals surface area contributed by atoms with Crippen molar-refractivity contribution in [2.75, 3.05) is 32.6 Å². The fourth-order valence-electron chi connectivity index (χ4n) is 12.2. The van der Waals surface area contributed by atoms with Gasteiger partial charge in [0.15, 0.2) is 23.0 Å². The Hall–Kier alpha value is -6.50. The molecule has 0 unspecified atom stereocenters. The molecule has 9 rings (SSSR count). The van der Waals surface area contributed by atoms with Crippen LogP contribution in [0.2, 0.25) is 0 Å². The highest BCUT2D eigenvalue weighted by Gasteiger charge is 2.55. The summed E-state index contributed by atoms with van der Waals surface area (Å²) in [6.07, 6.45) is 13.1. The molecule has 12 nitrogen and oxygen atoms in total. The molecule has 12 heteroatoms. The third-order valence-corrected chi connectivity index (χ3v) is 15.4. The number of ether oxygens (including phenoxy) is 2. The number of benzene rings is 4. The molecule has 0 saturated heterocycles. The lowest BCUT2D eigenvalue weighted by molar-refractivity contribution is -0.132. The number of hydrogen-bond donors (Lipinski definition) is 8. The fraction of sp³-hybridized carbons (Fsp3) is 0.404. The van der Waals surface area contributed by atoms with E-state index >= 15 is 4.79 Å². The monoisotopic (exact) mass is 934 g/mol. The number of likely N-dealkylation sites (N-methyl/N-ethyl adjacent to an activating group) is 1. The Balaban J connectivity index is 1.22. The molecular weight excluding hydrogens is 869 g/mol. The molecule has 4 aromatic carbocycles. The number of carbonyl (C=O) groups excluding carboxylic acids is 1. The Morgan fingerprint density at radius 1 is 0.957 bits per heavy atom. The van der Waals surface area contributed by atoms with Gasteiger partial charge in [-0.3, -0.25) is 4.79 Å². The maximum absolute atomic E-state index is 16.2. The van der Waals surface area contributed by atoms with Crippen LogP contribution in [0.1, 0.15) is 98.1 Å². The third kappa shape index (κ3) is 10.0. The van der Waals surface area contributed by atoms with Gasteiger partial charge in [-0.05, 0) is 182 Å². The zero-order valence-corrected chi connectivity index (χ0v) is 39.8. The first-order valence-corrected chi connectivity index (χ1v) is 24.6. The number of fused-ring (bicyclic) bond motifs is 6. The summed E-state index contributed by atoms with van der Waals surface area (Å²) in [7, 11) is 3.41. The van der Waals surface area contributed by atoms with Crippen molar-refractivity contribution in [1.29, 1.82) is 0 Å². The molecule has 3 aliphatic rings. The number of aliphatic hydroxyl groups excluding tert-OH is 1. The number of phenolic OH excluding ortho intramolecular Hbond substituents is 4. The molecule has 8 atom stereocenters. The van der Waals surface area contributed by atoms with Crippen LogP contribution >= 0.6 is 0 Å². The van der Waals surface area contributed by atoms with Gasteiger partial charge in [-0.2, -0.15) is 0 Å². The Bertz CT molecular complexity index is 2790. The van der Waals surface area contributed by atoms with Crippen LogP contribution in [0.15, 0.2) is 109 Å². The van der Waals surface area contributed by atoms with Crippen molar-refractivity contribution in [3.8, 4) is 34.5 Å². The summed E-state index contributed by atoms with van der Waals surface area (Å²) in [5.74, 6) is -0.535. The highest BCUT2D eigenvalue weighted by molar-refractivity contribution is 5.93. The molecule has 2 aromatic heterocycles. The molecule has 69 heavy (non-hydrogen) atoms. The van der Waals surface area contributed by atoms with Gasteiger partial charge in [-0.15, -0.1) is 0 Å². The lowest BCUT2D eigenvalue weighted by Crippen LogP contribution is -2.50. The Morgan fingerprint density at radius 3 is 2.62 bits per heavy atom. The van der Waals surface area contributed by atoms with Crippen molar-refractivity contribution in [3.63, 3.8) is 0 Å². The van der Waals surface area contributed by atoms with Crippen LogP contribution in [0.3, 0.4) is 0 Å². The molecule has 1 fully saturated rings. The van der Waals surface area contributed by atoms with Crippen LogP contribution in [0.5, 0.6) is 34.5 Å². The number of aromatic nitrogens is 2. The van der Waals surface area contributed by atoms with Gasteiger partial charge in [0.05, 0.1) is 25.7 Å². The summed E-state index contributed by atoms with van der Waals surface area (Å²) < 4.78 is 11.8. The number of ketones is 1. The van der Waals surface area contributed by atoms with Crippen molar-refractivity contribution in [1.82, 2.24) is 15.3 Å². The van der Waals surface area contributed by atoms with Gasteiger partial charge in [0.1, 0.15) is 17.4 Å². The van der Waals surface area contributed by atoms with Gasteiger partial charge in [0.25, 0.3) is 0 Å². The number of nitrogens with one attached hydrogen (secondary N) is 3. The number of anilines is 2. The highest BCUT2D eigenvalue weighted by Crippen LogP contribution is 2.56. The number of H-pyrrole nitrogens is 1. The quantitative estimate of drug-likeness (QED) is 0.0406. The first-order valence-electron chi connectivity index (χ1n) is 24.6. The van der Waals surface area contributed by atoms with E-state index in [1.807, 2.05) is 49.6 Å². The van der Waals surface area contributed by atoms with E-state index in [1.54, 1.807) is 42.6 Å². The average Bonchev–Trinajstić information content (AvgIpc) is 4.02. The van der Waals surface area contributed by atoms with Gasteiger partial charge in [-0.25, -0.2) is 4.98 Å². The SMILES string of the molecule is CNC[C@@H]1C[C@H](c2cc(O)c(O)c(OC[C@@H]3C=CC[C@H](C)C3)c2)CC(=O)[C@H]([C@H](O)CCc2ccc(O)c(OC)c2)[C@]2(CCC[C@@H]2Cc2ccc[nH]2)c2ccnc(c2)Nc2ccc3cc(O)ccc3c21.